The summed E-state index contributed by atoms with van der Waals surface area (Å²) in [7, 11) is 0. The molecular formula is C13H17N3O4. The number of amides is 2. The van der Waals surface area contributed by atoms with Crippen molar-refractivity contribution in [2.75, 3.05) is 19.7 Å². The van der Waals surface area contributed by atoms with Crippen molar-refractivity contribution in [3.8, 4) is 0 Å². The first-order chi connectivity index (χ1) is 9.60. The minimum Gasteiger partial charge on any atom is -0.395 e. The monoisotopic (exact) mass is 279 g/mol. The Kier molecular flexibility index (Phi) is 6.18. The van der Waals surface area contributed by atoms with E-state index in [0.29, 0.717) is 12.1 Å². The first kappa shape index (κ1) is 15.6. The van der Waals surface area contributed by atoms with Gasteiger partial charge in [-0.1, -0.05) is 24.3 Å². The molecule has 0 fully saturated rings. The second-order valence-corrected chi connectivity index (χ2v) is 4.00. The van der Waals surface area contributed by atoms with E-state index in [-0.39, 0.29) is 25.4 Å². The summed E-state index contributed by atoms with van der Waals surface area (Å²) in [6.07, 6.45) is 1.54. The summed E-state index contributed by atoms with van der Waals surface area (Å²) in [5.74, 6) is 0. The first-order valence-electron chi connectivity index (χ1n) is 6.07. The molecule has 2 N–H and O–H groups in total. The van der Waals surface area contributed by atoms with Crippen LogP contribution in [-0.2, 0) is 6.54 Å². The molecule has 0 saturated heterocycles. The first-order valence-corrected chi connectivity index (χ1v) is 6.07. The molecule has 0 aromatic heterocycles. The van der Waals surface area contributed by atoms with Crippen LogP contribution in [0.4, 0.5) is 10.5 Å². The number of benzene rings is 1. The molecule has 2 amide bonds. The van der Waals surface area contributed by atoms with E-state index in [2.05, 4.69) is 11.9 Å². The van der Waals surface area contributed by atoms with Crippen molar-refractivity contribution >= 4 is 11.7 Å². The molecule has 1 rings (SSSR count). The molecule has 7 nitrogen and oxygen atoms in total. The van der Waals surface area contributed by atoms with Gasteiger partial charge in [0.15, 0.2) is 0 Å². The molecule has 0 aliphatic carbocycles. The SMILES string of the molecule is C=CCN(CCO)C(=O)NCc1ccccc1[N+](=O)[O-]. The van der Waals surface area contributed by atoms with Crippen LogP contribution in [0.1, 0.15) is 5.56 Å². The number of urea groups is 1. The maximum absolute atomic E-state index is 11.9. The molecule has 0 aliphatic heterocycles. The van der Waals surface area contributed by atoms with Crippen LogP contribution < -0.4 is 5.32 Å². The van der Waals surface area contributed by atoms with Crippen LogP contribution >= 0.6 is 0 Å². The molecule has 0 aliphatic rings. The predicted octanol–water partition coefficient (Wildman–Crippen LogP) is 1.28. The fraction of sp³-hybridized carbons (Fsp3) is 0.308. The number of nitrogens with one attached hydrogen (secondary N) is 1. The lowest BCUT2D eigenvalue weighted by Gasteiger charge is -2.20. The molecule has 20 heavy (non-hydrogen) atoms. The summed E-state index contributed by atoms with van der Waals surface area (Å²) in [4.78, 5) is 23.6. The molecular weight excluding hydrogens is 262 g/mol. The summed E-state index contributed by atoms with van der Waals surface area (Å²) in [5, 5.41) is 22.3. The van der Waals surface area contributed by atoms with Crippen LogP contribution in [0.3, 0.4) is 0 Å². The van der Waals surface area contributed by atoms with Crippen molar-refractivity contribution in [1.29, 1.82) is 0 Å². The third-order valence-electron chi connectivity index (χ3n) is 2.62. The number of nitro benzene ring substituents is 1. The minimum absolute atomic E-state index is 0.0368. The number of para-hydroxylation sites is 1. The number of nitro groups is 1. The quantitative estimate of drug-likeness (QED) is 0.446. The summed E-state index contributed by atoms with van der Waals surface area (Å²) in [6.45, 7) is 3.89. The Bertz CT molecular complexity index is 490. The number of aliphatic hydroxyl groups is 1. The van der Waals surface area contributed by atoms with Crippen molar-refractivity contribution in [3.63, 3.8) is 0 Å². The average Bonchev–Trinajstić information content (AvgIpc) is 2.44. The van der Waals surface area contributed by atoms with Gasteiger partial charge in [0.2, 0.25) is 0 Å². The van der Waals surface area contributed by atoms with E-state index in [4.69, 9.17) is 5.11 Å². The lowest BCUT2D eigenvalue weighted by molar-refractivity contribution is -0.385. The number of carbonyl (C=O) groups is 1. The van der Waals surface area contributed by atoms with E-state index in [0.717, 1.165) is 0 Å². The van der Waals surface area contributed by atoms with Gasteiger partial charge in [0.05, 0.1) is 18.1 Å². The van der Waals surface area contributed by atoms with Crippen LogP contribution in [0, 0.1) is 10.1 Å². The number of rotatable bonds is 7. The van der Waals surface area contributed by atoms with Gasteiger partial charge >= 0.3 is 6.03 Å². The highest BCUT2D eigenvalue weighted by Crippen LogP contribution is 2.17. The van der Waals surface area contributed by atoms with Gasteiger partial charge in [-0.3, -0.25) is 10.1 Å². The zero-order valence-corrected chi connectivity index (χ0v) is 11.0. The van der Waals surface area contributed by atoms with Crippen LogP contribution in [-0.4, -0.2) is 40.7 Å². The topological polar surface area (TPSA) is 95.7 Å². The van der Waals surface area contributed by atoms with Crippen molar-refractivity contribution < 1.29 is 14.8 Å². The van der Waals surface area contributed by atoms with E-state index in [1.807, 2.05) is 0 Å². The molecule has 1 aromatic rings. The van der Waals surface area contributed by atoms with Crippen LogP contribution in [0.25, 0.3) is 0 Å². The minimum atomic E-state index is -0.489. The van der Waals surface area contributed by atoms with Gasteiger partial charge < -0.3 is 15.3 Å². The summed E-state index contributed by atoms with van der Waals surface area (Å²) in [6, 6.07) is 5.80. The number of nitrogens with zero attached hydrogens (tertiary/aromatic N) is 2. The van der Waals surface area contributed by atoms with Crippen LogP contribution in [0.2, 0.25) is 0 Å². The normalized spacial score (nSPS) is 9.85. The van der Waals surface area contributed by atoms with Gasteiger partial charge in [0, 0.05) is 24.7 Å². The maximum Gasteiger partial charge on any atom is 0.318 e. The Hall–Kier alpha value is -2.41. The number of hydrogen-bond acceptors (Lipinski definition) is 4. The fourth-order valence-electron chi connectivity index (χ4n) is 1.67. The van der Waals surface area contributed by atoms with Gasteiger partial charge in [-0.25, -0.2) is 4.79 Å². The Morgan fingerprint density at radius 1 is 1.50 bits per heavy atom. The van der Waals surface area contributed by atoms with Crippen molar-refractivity contribution in [2.45, 2.75) is 6.54 Å². The van der Waals surface area contributed by atoms with E-state index in [1.54, 1.807) is 24.3 Å². The molecule has 0 bridgehead atoms. The molecule has 7 heteroatoms. The fourth-order valence-corrected chi connectivity index (χ4v) is 1.67. The lowest BCUT2D eigenvalue weighted by atomic mass is 10.2. The second-order valence-electron chi connectivity index (χ2n) is 4.00. The second kappa shape index (κ2) is 7.90. The lowest BCUT2D eigenvalue weighted by Crippen LogP contribution is -2.41. The van der Waals surface area contributed by atoms with Gasteiger partial charge in [0.1, 0.15) is 0 Å². The molecule has 0 saturated carbocycles. The van der Waals surface area contributed by atoms with E-state index < -0.39 is 11.0 Å². The Morgan fingerprint density at radius 3 is 2.80 bits per heavy atom. The van der Waals surface area contributed by atoms with E-state index in [1.165, 1.54) is 11.0 Å². The number of carbonyl (C=O) groups excluding carboxylic acids is 1. The van der Waals surface area contributed by atoms with Crippen molar-refractivity contribution in [3.05, 3.63) is 52.6 Å². The molecule has 0 radical (unpaired) electrons. The molecule has 108 valence electrons. The predicted molar refractivity (Wildman–Crippen MR) is 74.2 cm³/mol. The molecule has 1 aromatic carbocycles. The van der Waals surface area contributed by atoms with Crippen LogP contribution in [0.15, 0.2) is 36.9 Å². The highest BCUT2D eigenvalue weighted by molar-refractivity contribution is 5.74. The smallest absolute Gasteiger partial charge is 0.318 e. The maximum atomic E-state index is 11.9. The third-order valence-corrected chi connectivity index (χ3v) is 2.62. The van der Waals surface area contributed by atoms with Crippen molar-refractivity contribution in [2.24, 2.45) is 0 Å². The van der Waals surface area contributed by atoms with E-state index in [9.17, 15) is 14.9 Å². The highest BCUT2D eigenvalue weighted by atomic mass is 16.6. The Labute approximate surface area is 116 Å². The third kappa shape index (κ3) is 4.36. The zero-order valence-electron chi connectivity index (χ0n) is 11.0. The van der Waals surface area contributed by atoms with Gasteiger partial charge in [-0.05, 0) is 0 Å². The molecule has 0 atom stereocenters. The van der Waals surface area contributed by atoms with Gasteiger partial charge in [-0.2, -0.15) is 0 Å². The van der Waals surface area contributed by atoms with Crippen molar-refractivity contribution in [1.82, 2.24) is 10.2 Å². The molecule has 0 heterocycles. The molecule has 0 unspecified atom stereocenters. The largest absolute Gasteiger partial charge is 0.395 e. The summed E-state index contributed by atoms with van der Waals surface area (Å²) >= 11 is 0. The number of hydrogen-bond donors (Lipinski definition) is 2. The van der Waals surface area contributed by atoms with Crippen LogP contribution in [0.5, 0.6) is 0 Å². The zero-order chi connectivity index (χ0) is 15.0. The molecule has 0 spiro atoms. The Balaban J connectivity index is 2.68. The van der Waals surface area contributed by atoms with Gasteiger partial charge in [0.25, 0.3) is 5.69 Å². The highest BCUT2D eigenvalue weighted by Gasteiger charge is 2.15. The Morgan fingerprint density at radius 2 is 2.20 bits per heavy atom. The summed E-state index contributed by atoms with van der Waals surface area (Å²) < 4.78 is 0. The standard InChI is InChI=1S/C13H17N3O4/c1-2-7-15(8-9-17)13(18)14-10-11-5-3-4-6-12(11)16(19)20/h2-6,17H,1,7-10H2,(H,14,18). The van der Waals surface area contributed by atoms with Gasteiger partial charge in [-0.15, -0.1) is 6.58 Å². The van der Waals surface area contributed by atoms with E-state index >= 15 is 0 Å². The summed E-state index contributed by atoms with van der Waals surface area (Å²) in [5.41, 5.74) is 0.388. The number of aliphatic hydroxyl groups excluding tert-OH is 1. The average molecular weight is 279 g/mol.